The van der Waals surface area contributed by atoms with E-state index in [2.05, 4.69) is 34.0 Å². The van der Waals surface area contributed by atoms with Gasteiger partial charge in [0.05, 0.1) is 0 Å². The van der Waals surface area contributed by atoms with Crippen LogP contribution in [-0.4, -0.2) is 15.1 Å². The van der Waals surface area contributed by atoms with Crippen LogP contribution in [-0.2, 0) is 27.5 Å². The molecule has 5 nitrogen and oxygen atoms in total. The molecule has 0 aromatic carbocycles. The fourth-order valence-electron chi connectivity index (χ4n) is 1.37. The van der Waals surface area contributed by atoms with Crippen molar-refractivity contribution in [3.63, 3.8) is 0 Å². The number of hydrogen-bond acceptors (Lipinski definition) is 4. The molecule has 0 radical (unpaired) electrons. The van der Waals surface area contributed by atoms with Crippen molar-refractivity contribution in [3.05, 3.63) is 18.0 Å². The van der Waals surface area contributed by atoms with E-state index in [1.54, 1.807) is 13.2 Å². The summed E-state index contributed by atoms with van der Waals surface area (Å²) in [4.78, 5) is 8.48. The van der Waals surface area contributed by atoms with Crippen LogP contribution in [0.4, 0.5) is 0 Å². The van der Waals surface area contributed by atoms with Crippen LogP contribution < -0.4 is 5.10 Å². The van der Waals surface area contributed by atoms with Gasteiger partial charge in [-0.05, 0) is 24.6 Å². The van der Waals surface area contributed by atoms with Crippen LogP contribution in [0.15, 0.2) is 10.7 Å². The molecule has 0 atom stereocenters. The van der Waals surface area contributed by atoms with Gasteiger partial charge in [-0.25, -0.2) is 4.98 Å². The van der Waals surface area contributed by atoms with Crippen molar-refractivity contribution in [2.24, 2.45) is 5.92 Å². The maximum atomic E-state index is 5.11. The van der Waals surface area contributed by atoms with Crippen molar-refractivity contribution in [3.8, 4) is 11.5 Å². The summed E-state index contributed by atoms with van der Waals surface area (Å²) in [5.74, 6) is 2.60. The molecule has 17 heavy (non-hydrogen) atoms. The predicted molar refractivity (Wildman–Crippen MR) is 58.7 cm³/mol. The van der Waals surface area contributed by atoms with Crippen molar-refractivity contribution in [2.45, 2.75) is 33.6 Å². The molecule has 6 heteroatoms. The first kappa shape index (κ1) is 14.1. The van der Waals surface area contributed by atoms with E-state index in [0.717, 1.165) is 18.7 Å². The Kier molecular flexibility index (Phi) is 5.06. The second kappa shape index (κ2) is 6.10. The number of hydrogen-bond donors (Lipinski definition) is 0. The van der Waals surface area contributed by atoms with Crippen LogP contribution in [0.1, 0.15) is 32.0 Å². The molecule has 2 rings (SSSR count). The van der Waals surface area contributed by atoms with Crippen molar-refractivity contribution < 1.29 is 25.5 Å². The summed E-state index contributed by atoms with van der Waals surface area (Å²) in [5.41, 5.74) is 0.654. The molecule has 0 fully saturated rings. The third-order valence-electron chi connectivity index (χ3n) is 2.29. The number of aromatic nitrogens is 4. The molecule has 0 bridgehead atoms. The van der Waals surface area contributed by atoms with Crippen molar-refractivity contribution in [2.75, 3.05) is 0 Å². The van der Waals surface area contributed by atoms with Gasteiger partial charge in [0.1, 0.15) is 12.0 Å². The molecular formula is C11H15N4OPt-. The van der Waals surface area contributed by atoms with Gasteiger partial charge in [-0.15, -0.1) is 0 Å². The molecule has 2 heterocycles. The summed E-state index contributed by atoms with van der Waals surface area (Å²) < 4.78 is 5.11. The summed E-state index contributed by atoms with van der Waals surface area (Å²) in [6.45, 7) is 6.15. The predicted octanol–water partition coefficient (Wildman–Crippen LogP) is 1.98. The molecule has 2 aromatic rings. The van der Waals surface area contributed by atoms with E-state index in [-0.39, 0.29) is 21.1 Å². The van der Waals surface area contributed by atoms with Gasteiger partial charge in [-0.2, -0.15) is 0 Å². The van der Waals surface area contributed by atoms with E-state index in [1.807, 2.05) is 0 Å². The molecule has 0 spiro atoms. The molecular weight excluding hydrogens is 399 g/mol. The van der Waals surface area contributed by atoms with Crippen LogP contribution in [0.3, 0.4) is 0 Å². The average Bonchev–Trinajstić information content (AvgIpc) is 2.83. The number of nitrogens with zero attached hydrogens (tertiary/aromatic N) is 4. The quantitative estimate of drug-likeness (QED) is 0.766. The minimum absolute atomic E-state index is 0. The average molecular weight is 414 g/mol. The second-order valence-electron chi connectivity index (χ2n) is 4.24. The molecule has 2 aromatic heterocycles. The van der Waals surface area contributed by atoms with E-state index in [0.29, 0.717) is 23.3 Å². The van der Waals surface area contributed by atoms with Gasteiger partial charge < -0.3 is 14.5 Å². The van der Waals surface area contributed by atoms with Crippen molar-refractivity contribution in [1.82, 2.24) is 20.2 Å². The van der Waals surface area contributed by atoms with Crippen LogP contribution >= 0.6 is 0 Å². The molecule has 0 saturated heterocycles. The van der Waals surface area contributed by atoms with Gasteiger partial charge in [0.25, 0.3) is 0 Å². The summed E-state index contributed by atoms with van der Waals surface area (Å²) in [6.07, 6.45) is 3.49. The number of oxazole rings is 1. The molecule has 0 aliphatic rings. The van der Waals surface area contributed by atoms with Crippen molar-refractivity contribution >= 4 is 0 Å². The zero-order valence-electron chi connectivity index (χ0n) is 10.1. The zero-order valence-corrected chi connectivity index (χ0v) is 12.4. The minimum Gasteiger partial charge on any atom is -0.449 e. The SMILES string of the molecule is Cc1nc(-c2nc(CCC(C)C)n[n-]2)co1.[Pt]. The molecule has 0 unspecified atom stereocenters. The van der Waals surface area contributed by atoms with Gasteiger partial charge in [0.15, 0.2) is 5.89 Å². The largest absolute Gasteiger partial charge is 0.449 e. The van der Waals surface area contributed by atoms with E-state index < -0.39 is 0 Å². The van der Waals surface area contributed by atoms with Crippen molar-refractivity contribution in [1.29, 1.82) is 0 Å². The topological polar surface area (TPSA) is 65.9 Å². The number of aryl methyl sites for hydroxylation is 2. The van der Waals surface area contributed by atoms with Crippen LogP contribution in [0.25, 0.3) is 11.5 Å². The Bertz CT molecular complexity index is 463. The smallest absolute Gasteiger partial charge is 0.191 e. The Morgan fingerprint density at radius 3 is 2.71 bits per heavy atom. The summed E-state index contributed by atoms with van der Waals surface area (Å²) in [6, 6.07) is 0. The standard InChI is InChI=1S/C11H15N4O.Pt/c1-7(2)4-5-10-13-11(15-14-10)9-6-16-8(3)12-9;/h6-7H,4-5H2,1-3H3;/q-1;. The maximum absolute atomic E-state index is 5.11. The van der Waals surface area contributed by atoms with Gasteiger partial charge in [-0.1, -0.05) is 13.8 Å². The first-order chi connectivity index (χ1) is 7.65. The third kappa shape index (κ3) is 3.77. The normalized spacial score (nSPS) is 10.6. The third-order valence-corrected chi connectivity index (χ3v) is 2.29. The Morgan fingerprint density at radius 1 is 1.35 bits per heavy atom. The fraction of sp³-hybridized carbons (Fsp3) is 0.545. The van der Waals surface area contributed by atoms with Gasteiger partial charge in [-0.3, -0.25) is 5.10 Å². The van der Waals surface area contributed by atoms with Gasteiger partial charge in [0, 0.05) is 33.8 Å². The molecule has 0 N–H and O–H groups in total. The summed E-state index contributed by atoms with van der Waals surface area (Å²) >= 11 is 0. The van der Waals surface area contributed by atoms with Gasteiger partial charge in [0.2, 0.25) is 0 Å². The Morgan fingerprint density at radius 2 is 2.12 bits per heavy atom. The first-order valence-corrected chi connectivity index (χ1v) is 5.44. The first-order valence-electron chi connectivity index (χ1n) is 5.44. The maximum Gasteiger partial charge on any atom is 0.191 e. The van der Waals surface area contributed by atoms with Gasteiger partial charge >= 0.3 is 0 Å². The minimum atomic E-state index is 0. The molecule has 0 aliphatic heterocycles. The van der Waals surface area contributed by atoms with E-state index in [4.69, 9.17) is 4.42 Å². The Balaban J connectivity index is 0.00000144. The summed E-state index contributed by atoms with van der Waals surface area (Å²) in [7, 11) is 0. The van der Waals surface area contributed by atoms with Crippen LogP contribution in [0.5, 0.6) is 0 Å². The van der Waals surface area contributed by atoms with Crippen LogP contribution in [0.2, 0.25) is 0 Å². The van der Waals surface area contributed by atoms with E-state index in [9.17, 15) is 0 Å². The Labute approximate surface area is 115 Å². The zero-order chi connectivity index (χ0) is 11.5. The molecule has 0 aliphatic carbocycles. The van der Waals surface area contributed by atoms with E-state index >= 15 is 0 Å². The Hall–Kier alpha value is -0.962. The molecule has 0 amide bonds. The molecule has 96 valence electrons. The number of rotatable bonds is 4. The fourth-order valence-corrected chi connectivity index (χ4v) is 1.37. The monoisotopic (exact) mass is 414 g/mol. The molecule has 0 saturated carbocycles. The van der Waals surface area contributed by atoms with Crippen LogP contribution in [0, 0.1) is 12.8 Å². The second-order valence-corrected chi connectivity index (χ2v) is 4.24. The summed E-state index contributed by atoms with van der Waals surface area (Å²) in [5, 5.41) is 8.03. The van der Waals surface area contributed by atoms with E-state index in [1.165, 1.54) is 0 Å².